The normalized spacial score (nSPS) is 21.3. The Labute approximate surface area is 141 Å². The van der Waals surface area contributed by atoms with Crippen LogP contribution in [0.4, 0.5) is 0 Å². The molecular formula is C16H24N4O2S. The SMILES string of the molecule is CN1CCN(NC(=O)C2CCN(C(=O)c3cccs3)CC2)CC1. The molecule has 1 aromatic rings. The molecule has 6 nitrogen and oxygen atoms in total. The highest BCUT2D eigenvalue weighted by molar-refractivity contribution is 7.12. The maximum atomic E-state index is 12.4. The Kier molecular flexibility index (Phi) is 5.30. The molecule has 2 fully saturated rings. The first-order chi connectivity index (χ1) is 11.1. The second-order valence-corrected chi connectivity index (χ2v) is 7.26. The third-order valence-corrected chi connectivity index (χ3v) is 5.51. The maximum Gasteiger partial charge on any atom is 0.263 e. The average Bonchev–Trinajstić information content (AvgIpc) is 3.11. The van der Waals surface area contributed by atoms with Crippen molar-refractivity contribution >= 4 is 23.2 Å². The average molecular weight is 336 g/mol. The molecule has 2 amide bonds. The van der Waals surface area contributed by atoms with Crippen LogP contribution in [0.25, 0.3) is 0 Å². The number of hydrazine groups is 1. The van der Waals surface area contributed by atoms with E-state index in [0.717, 1.165) is 43.9 Å². The smallest absolute Gasteiger partial charge is 0.263 e. The predicted molar refractivity (Wildman–Crippen MR) is 90.2 cm³/mol. The summed E-state index contributed by atoms with van der Waals surface area (Å²) < 4.78 is 0. The van der Waals surface area contributed by atoms with Crippen LogP contribution in [0.5, 0.6) is 0 Å². The van der Waals surface area contributed by atoms with E-state index < -0.39 is 0 Å². The van der Waals surface area contributed by atoms with Gasteiger partial charge in [-0.25, -0.2) is 5.01 Å². The number of hydrogen-bond donors (Lipinski definition) is 1. The Balaban J connectivity index is 1.45. The van der Waals surface area contributed by atoms with Gasteiger partial charge in [-0.2, -0.15) is 0 Å². The minimum atomic E-state index is 0.0158. The lowest BCUT2D eigenvalue weighted by Gasteiger charge is -2.35. The van der Waals surface area contributed by atoms with Crippen LogP contribution >= 0.6 is 11.3 Å². The number of carbonyl (C=O) groups excluding carboxylic acids is 2. The molecule has 2 saturated heterocycles. The summed E-state index contributed by atoms with van der Waals surface area (Å²) in [4.78, 5) is 29.6. The summed E-state index contributed by atoms with van der Waals surface area (Å²) in [5.41, 5.74) is 3.05. The second kappa shape index (κ2) is 7.42. The van der Waals surface area contributed by atoms with Crippen molar-refractivity contribution in [3.63, 3.8) is 0 Å². The minimum Gasteiger partial charge on any atom is -0.338 e. The molecule has 0 aromatic carbocycles. The number of piperidine rings is 1. The lowest BCUT2D eigenvalue weighted by Crippen LogP contribution is -2.54. The number of likely N-dealkylation sites (tertiary alicyclic amines) is 1. The molecule has 1 aromatic heterocycles. The van der Waals surface area contributed by atoms with E-state index in [9.17, 15) is 9.59 Å². The summed E-state index contributed by atoms with van der Waals surface area (Å²) in [6, 6.07) is 3.76. The first kappa shape index (κ1) is 16.4. The number of rotatable bonds is 3. The van der Waals surface area contributed by atoms with E-state index in [1.807, 2.05) is 27.4 Å². The highest BCUT2D eigenvalue weighted by atomic mass is 32.1. The molecule has 2 aliphatic rings. The fourth-order valence-electron chi connectivity index (χ4n) is 3.07. The number of hydrogen-bond acceptors (Lipinski definition) is 5. The van der Waals surface area contributed by atoms with Crippen LogP contribution in [0.3, 0.4) is 0 Å². The molecule has 0 aliphatic carbocycles. The fourth-order valence-corrected chi connectivity index (χ4v) is 3.76. The van der Waals surface area contributed by atoms with Gasteiger partial charge in [0.25, 0.3) is 5.91 Å². The lowest BCUT2D eigenvalue weighted by molar-refractivity contribution is -0.132. The van der Waals surface area contributed by atoms with Crippen LogP contribution in [0, 0.1) is 5.92 Å². The van der Waals surface area contributed by atoms with Crippen molar-refractivity contribution in [2.45, 2.75) is 12.8 Å². The molecule has 0 bridgehead atoms. The lowest BCUT2D eigenvalue weighted by atomic mass is 9.96. The van der Waals surface area contributed by atoms with Crippen molar-refractivity contribution in [1.82, 2.24) is 20.2 Å². The third-order valence-electron chi connectivity index (χ3n) is 4.66. The molecule has 0 saturated carbocycles. The Morgan fingerprint density at radius 3 is 2.43 bits per heavy atom. The van der Waals surface area contributed by atoms with Gasteiger partial charge in [-0.1, -0.05) is 6.07 Å². The molecule has 23 heavy (non-hydrogen) atoms. The third kappa shape index (κ3) is 4.10. The summed E-state index contributed by atoms with van der Waals surface area (Å²) in [6.45, 7) is 5.03. The zero-order chi connectivity index (χ0) is 16.2. The van der Waals surface area contributed by atoms with Crippen LogP contribution in [-0.2, 0) is 4.79 Å². The molecule has 0 unspecified atom stereocenters. The summed E-state index contributed by atoms with van der Waals surface area (Å²) in [5.74, 6) is 0.220. The molecular weight excluding hydrogens is 312 g/mol. The van der Waals surface area contributed by atoms with E-state index in [1.165, 1.54) is 11.3 Å². The number of thiophene rings is 1. The number of nitrogens with zero attached hydrogens (tertiary/aromatic N) is 3. The molecule has 7 heteroatoms. The van der Waals surface area contributed by atoms with Crippen LogP contribution in [0.1, 0.15) is 22.5 Å². The monoisotopic (exact) mass is 336 g/mol. The highest BCUT2D eigenvalue weighted by Gasteiger charge is 2.29. The van der Waals surface area contributed by atoms with Crippen LogP contribution in [0.2, 0.25) is 0 Å². The maximum absolute atomic E-state index is 12.4. The molecule has 3 heterocycles. The van der Waals surface area contributed by atoms with E-state index in [1.54, 1.807) is 0 Å². The van der Waals surface area contributed by atoms with E-state index in [2.05, 4.69) is 17.4 Å². The molecule has 3 rings (SSSR count). The summed E-state index contributed by atoms with van der Waals surface area (Å²) in [6.07, 6.45) is 1.49. The Morgan fingerprint density at radius 1 is 1.13 bits per heavy atom. The molecule has 126 valence electrons. The van der Waals surface area contributed by atoms with Crippen molar-refractivity contribution in [3.8, 4) is 0 Å². The number of likely N-dealkylation sites (N-methyl/N-ethyl adjacent to an activating group) is 1. The van der Waals surface area contributed by atoms with E-state index in [4.69, 9.17) is 0 Å². The van der Waals surface area contributed by atoms with Gasteiger partial charge in [-0.05, 0) is 31.3 Å². The Bertz CT molecular complexity index is 532. The van der Waals surface area contributed by atoms with Gasteiger partial charge < -0.3 is 9.80 Å². The number of nitrogens with one attached hydrogen (secondary N) is 1. The fraction of sp³-hybridized carbons (Fsp3) is 0.625. The first-order valence-electron chi connectivity index (χ1n) is 8.20. The predicted octanol–water partition coefficient (Wildman–Crippen LogP) is 0.879. The van der Waals surface area contributed by atoms with Gasteiger partial charge >= 0.3 is 0 Å². The van der Waals surface area contributed by atoms with Crippen molar-refractivity contribution in [2.24, 2.45) is 5.92 Å². The van der Waals surface area contributed by atoms with E-state index in [-0.39, 0.29) is 17.7 Å². The standard InChI is InChI=1S/C16H24N4O2S/c1-18-8-10-20(11-9-18)17-15(21)13-4-6-19(7-5-13)16(22)14-3-2-12-23-14/h2-3,12-13H,4-11H2,1H3,(H,17,21). The zero-order valence-corrected chi connectivity index (χ0v) is 14.3. The van der Waals surface area contributed by atoms with Gasteiger partial charge in [0.1, 0.15) is 0 Å². The number of carbonyl (C=O) groups is 2. The quantitative estimate of drug-likeness (QED) is 0.890. The Morgan fingerprint density at radius 2 is 1.83 bits per heavy atom. The second-order valence-electron chi connectivity index (χ2n) is 6.31. The van der Waals surface area contributed by atoms with Crippen molar-refractivity contribution in [1.29, 1.82) is 0 Å². The van der Waals surface area contributed by atoms with Crippen molar-refractivity contribution < 1.29 is 9.59 Å². The van der Waals surface area contributed by atoms with Crippen LogP contribution in [-0.4, -0.2) is 72.9 Å². The topological polar surface area (TPSA) is 55.9 Å². The number of piperazine rings is 1. The highest BCUT2D eigenvalue weighted by Crippen LogP contribution is 2.21. The molecule has 0 spiro atoms. The summed E-state index contributed by atoms with van der Waals surface area (Å²) in [7, 11) is 2.10. The molecule has 1 N–H and O–H groups in total. The van der Waals surface area contributed by atoms with E-state index >= 15 is 0 Å². The van der Waals surface area contributed by atoms with Gasteiger partial charge in [-0.15, -0.1) is 11.3 Å². The molecule has 0 atom stereocenters. The zero-order valence-electron chi connectivity index (χ0n) is 13.5. The number of amides is 2. The summed E-state index contributed by atoms with van der Waals surface area (Å²) in [5, 5.41) is 3.94. The van der Waals surface area contributed by atoms with Gasteiger partial charge in [-0.3, -0.25) is 15.0 Å². The molecule has 2 aliphatic heterocycles. The minimum absolute atomic E-state index is 0.0158. The van der Waals surface area contributed by atoms with Gasteiger partial charge in [0, 0.05) is 45.2 Å². The van der Waals surface area contributed by atoms with Gasteiger partial charge in [0.05, 0.1) is 4.88 Å². The molecule has 0 radical (unpaired) electrons. The van der Waals surface area contributed by atoms with Crippen molar-refractivity contribution in [2.75, 3.05) is 46.3 Å². The van der Waals surface area contributed by atoms with Gasteiger partial charge in [0.15, 0.2) is 0 Å². The summed E-state index contributed by atoms with van der Waals surface area (Å²) >= 11 is 1.47. The van der Waals surface area contributed by atoms with E-state index in [0.29, 0.717) is 13.1 Å². The first-order valence-corrected chi connectivity index (χ1v) is 9.08. The van der Waals surface area contributed by atoms with Crippen LogP contribution < -0.4 is 5.43 Å². The largest absolute Gasteiger partial charge is 0.338 e. The van der Waals surface area contributed by atoms with Crippen molar-refractivity contribution in [3.05, 3.63) is 22.4 Å². The Hall–Kier alpha value is -1.44. The van der Waals surface area contributed by atoms with Gasteiger partial charge in [0.2, 0.25) is 5.91 Å². The van der Waals surface area contributed by atoms with Crippen LogP contribution in [0.15, 0.2) is 17.5 Å².